The zero-order valence-electron chi connectivity index (χ0n) is 19.1. The van der Waals surface area contributed by atoms with Crippen LogP contribution < -0.4 is 15.6 Å². The summed E-state index contributed by atoms with van der Waals surface area (Å²) < 4.78 is 7.67. The average Bonchev–Trinajstić information content (AvgIpc) is 2.84. The first-order valence-corrected chi connectivity index (χ1v) is 12.1. The van der Waals surface area contributed by atoms with E-state index in [1.807, 2.05) is 44.2 Å². The Morgan fingerprint density at radius 1 is 1.20 bits per heavy atom. The molecule has 7 nitrogen and oxygen atoms in total. The molecule has 1 aromatic heterocycles. The van der Waals surface area contributed by atoms with Gasteiger partial charge in [0, 0.05) is 16.6 Å². The van der Waals surface area contributed by atoms with E-state index < -0.39 is 0 Å². The number of rotatable bonds is 7. The van der Waals surface area contributed by atoms with E-state index >= 15 is 0 Å². The number of amides is 1. The molecule has 1 amide bonds. The van der Waals surface area contributed by atoms with Crippen LogP contribution in [0.1, 0.15) is 23.9 Å². The number of benzene rings is 3. The zero-order valence-corrected chi connectivity index (χ0v) is 21.4. The van der Waals surface area contributed by atoms with Gasteiger partial charge in [-0.15, -0.1) is 0 Å². The summed E-state index contributed by atoms with van der Waals surface area (Å²) in [4.78, 5) is 29.8. The fourth-order valence-corrected chi connectivity index (χ4v) is 4.03. The highest BCUT2D eigenvalue weighted by Crippen LogP contribution is 2.25. The molecule has 1 N–H and O–H groups in total. The number of aromatic nitrogens is 2. The molecule has 0 spiro atoms. The van der Waals surface area contributed by atoms with E-state index in [0.717, 1.165) is 15.7 Å². The van der Waals surface area contributed by atoms with Crippen molar-refractivity contribution in [1.29, 1.82) is 0 Å². The second-order valence-electron chi connectivity index (χ2n) is 7.75. The summed E-state index contributed by atoms with van der Waals surface area (Å²) in [7, 11) is 0. The zero-order chi connectivity index (χ0) is 24.9. The molecule has 0 saturated carbocycles. The van der Waals surface area contributed by atoms with Gasteiger partial charge in [0.15, 0.2) is 6.61 Å². The molecular formula is C26H22BrClN4O3. The van der Waals surface area contributed by atoms with Gasteiger partial charge in [-0.05, 0) is 60.5 Å². The maximum atomic E-state index is 13.0. The van der Waals surface area contributed by atoms with Crippen LogP contribution >= 0.6 is 27.5 Å². The fraction of sp³-hybridized carbons (Fsp3) is 0.154. The van der Waals surface area contributed by atoms with Crippen LogP contribution in [0.25, 0.3) is 10.9 Å². The van der Waals surface area contributed by atoms with Crippen molar-refractivity contribution in [3.05, 3.63) is 97.5 Å². The van der Waals surface area contributed by atoms with E-state index in [-0.39, 0.29) is 18.1 Å². The number of halogens is 2. The Morgan fingerprint density at radius 2 is 2.00 bits per heavy atom. The lowest BCUT2D eigenvalue weighted by Gasteiger charge is -2.11. The van der Waals surface area contributed by atoms with Gasteiger partial charge < -0.3 is 10.1 Å². The second-order valence-corrected chi connectivity index (χ2v) is 9.07. The summed E-state index contributed by atoms with van der Waals surface area (Å²) in [6, 6.07) is 17.9. The molecule has 0 aliphatic rings. The Bertz CT molecular complexity index is 1500. The molecule has 4 rings (SSSR count). The number of nitrogens with zero attached hydrogens (tertiary/aromatic N) is 3. The number of carbonyl (C=O) groups is 1. The SMILES string of the molecule is CCc1nc2ccc(Br)cc2c(=O)n1N=Cc1ccc(OCC(=O)Nc2ccccc2C)c(Cl)c1. The van der Waals surface area contributed by atoms with Gasteiger partial charge in [-0.25, -0.2) is 4.98 Å². The lowest BCUT2D eigenvalue weighted by Crippen LogP contribution is -2.22. The monoisotopic (exact) mass is 552 g/mol. The number of nitrogens with one attached hydrogen (secondary N) is 1. The Balaban J connectivity index is 1.49. The second kappa shape index (κ2) is 10.8. The van der Waals surface area contributed by atoms with E-state index in [1.54, 1.807) is 30.3 Å². The molecule has 9 heteroatoms. The highest BCUT2D eigenvalue weighted by atomic mass is 79.9. The predicted octanol–water partition coefficient (Wildman–Crippen LogP) is 5.58. The van der Waals surface area contributed by atoms with Crippen LogP contribution in [-0.4, -0.2) is 28.4 Å². The first kappa shape index (κ1) is 24.6. The average molecular weight is 554 g/mol. The van der Waals surface area contributed by atoms with Gasteiger partial charge in [0.25, 0.3) is 11.5 Å². The minimum absolute atomic E-state index is 0.185. The van der Waals surface area contributed by atoms with Crippen LogP contribution in [0, 0.1) is 6.92 Å². The number of ether oxygens (including phenoxy) is 1. The topological polar surface area (TPSA) is 85.6 Å². The van der Waals surface area contributed by atoms with Crippen molar-refractivity contribution >= 4 is 56.2 Å². The standard InChI is InChI=1S/C26H22BrClN4O3/c1-3-24-30-22-10-9-18(27)13-19(22)26(34)32(24)29-14-17-8-11-23(20(28)12-17)35-15-25(33)31-21-7-5-4-6-16(21)2/h4-14H,3,15H2,1-2H3,(H,31,33). The summed E-state index contributed by atoms with van der Waals surface area (Å²) in [5.74, 6) is 0.627. The molecule has 0 bridgehead atoms. The third kappa shape index (κ3) is 5.78. The predicted molar refractivity (Wildman–Crippen MR) is 143 cm³/mol. The van der Waals surface area contributed by atoms with Crippen LogP contribution in [0.2, 0.25) is 5.02 Å². The van der Waals surface area contributed by atoms with Gasteiger partial charge in [-0.1, -0.05) is 52.7 Å². The third-order valence-electron chi connectivity index (χ3n) is 5.25. The maximum Gasteiger partial charge on any atom is 0.282 e. The smallest absolute Gasteiger partial charge is 0.282 e. The molecule has 0 atom stereocenters. The molecule has 178 valence electrons. The largest absolute Gasteiger partial charge is 0.482 e. The Hall–Kier alpha value is -3.49. The number of aryl methyl sites for hydroxylation is 2. The molecule has 0 unspecified atom stereocenters. The molecular weight excluding hydrogens is 532 g/mol. The van der Waals surface area contributed by atoms with Gasteiger partial charge in [0.05, 0.1) is 22.1 Å². The van der Waals surface area contributed by atoms with Crippen LogP contribution in [-0.2, 0) is 11.2 Å². The minimum atomic E-state index is -0.289. The van der Waals surface area contributed by atoms with Crippen molar-refractivity contribution in [1.82, 2.24) is 9.66 Å². The maximum absolute atomic E-state index is 13.0. The minimum Gasteiger partial charge on any atom is -0.482 e. The van der Waals surface area contributed by atoms with Crippen LogP contribution in [0.3, 0.4) is 0 Å². The number of anilines is 1. The first-order valence-electron chi connectivity index (χ1n) is 10.9. The van der Waals surface area contributed by atoms with Gasteiger partial charge in [0.1, 0.15) is 11.6 Å². The Kier molecular flexibility index (Phi) is 7.63. The van der Waals surface area contributed by atoms with Crippen LogP contribution in [0.4, 0.5) is 5.69 Å². The summed E-state index contributed by atoms with van der Waals surface area (Å²) in [6.45, 7) is 3.64. The van der Waals surface area contributed by atoms with E-state index in [4.69, 9.17) is 16.3 Å². The highest BCUT2D eigenvalue weighted by Gasteiger charge is 2.11. The van der Waals surface area contributed by atoms with Crippen molar-refractivity contribution in [3.63, 3.8) is 0 Å². The van der Waals surface area contributed by atoms with Gasteiger partial charge in [-0.3, -0.25) is 9.59 Å². The van der Waals surface area contributed by atoms with Crippen molar-refractivity contribution in [3.8, 4) is 5.75 Å². The van der Waals surface area contributed by atoms with Crippen molar-refractivity contribution in [2.24, 2.45) is 5.10 Å². The first-order chi connectivity index (χ1) is 16.9. The molecule has 0 radical (unpaired) electrons. The third-order valence-corrected chi connectivity index (χ3v) is 6.04. The van der Waals surface area contributed by atoms with Gasteiger partial charge in [0.2, 0.25) is 0 Å². The van der Waals surface area contributed by atoms with Gasteiger partial charge in [-0.2, -0.15) is 9.78 Å². The normalized spacial score (nSPS) is 11.2. The quantitative estimate of drug-likeness (QED) is 0.303. The molecule has 1 heterocycles. The Labute approximate surface area is 215 Å². The molecule has 0 aliphatic heterocycles. The van der Waals surface area contributed by atoms with E-state index in [2.05, 4.69) is 31.3 Å². The number of hydrogen-bond donors (Lipinski definition) is 1. The number of fused-ring (bicyclic) bond motifs is 1. The molecule has 3 aromatic carbocycles. The number of hydrogen-bond acceptors (Lipinski definition) is 5. The van der Waals surface area contributed by atoms with E-state index in [1.165, 1.54) is 10.9 Å². The summed E-state index contributed by atoms with van der Waals surface area (Å²) in [5.41, 5.74) is 2.72. The summed E-state index contributed by atoms with van der Waals surface area (Å²) >= 11 is 9.75. The van der Waals surface area contributed by atoms with Crippen LogP contribution in [0.5, 0.6) is 5.75 Å². The Morgan fingerprint density at radius 3 is 2.74 bits per heavy atom. The fourth-order valence-electron chi connectivity index (χ4n) is 3.42. The lowest BCUT2D eigenvalue weighted by atomic mass is 10.2. The number of para-hydroxylation sites is 1. The van der Waals surface area contributed by atoms with Gasteiger partial charge >= 0.3 is 0 Å². The van der Waals surface area contributed by atoms with E-state index in [9.17, 15) is 9.59 Å². The molecule has 0 fully saturated rings. The summed E-state index contributed by atoms with van der Waals surface area (Å²) in [6.07, 6.45) is 2.07. The molecule has 0 saturated heterocycles. The molecule has 0 aliphatic carbocycles. The van der Waals surface area contributed by atoms with E-state index in [0.29, 0.717) is 39.5 Å². The highest BCUT2D eigenvalue weighted by molar-refractivity contribution is 9.10. The number of carbonyl (C=O) groups excluding carboxylic acids is 1. The van der Waals surface area contributed by atoms with Crippen molar-refractivity contribution < 1.29 is 9.53 Å². The van der Waals surface area contributed by atoms with Crippen molar-refractivity contribution in [2.45, 2.75) is 20.3 Å². The van der Waals surface area contributed by atoms with Crippen LogP contribution in [0.15, 0.2) is 75.0 Å². The molecule has 35 heavy (non-hydrogen) atoms. The van der Waals surface area contributed by atoms with Crippen molar-refractivity contribution in [2.75, 3.05) is 11.9 Å². The summed E-state index contributed by atoms with van der Waals surface area (Å²) in [5, 5.41) is 7.97. The lowest BCUT2D eigenvalue weighted by molar-refractivity contribution is -0.118. The molecule has 4 aromatic rings.